The lowest BCUT2D eigenvalue weighted by atomic mass is 9.96. The smallest absolute Gasteiger partial charge is 0.318 e. The van der Waals surface area contributed by atoms with Crippen LogP contribution >= 0.6 is 0 Å². The van der Waals surface area contributed by atoms with Crippen LogP contribution in [0.3, 0.4) is 0 Å². The molecule has 1 aromatic heterocycles. The Balaban J connectivity index is 1.20. The molecule has 0 radical (unpaired) electrons. The van der Waals surface area contributed by atoms with E-state index in [0.717, 1.165) is 57.4 Å². The van der Waals surface area contributed by atoms with Gasteiger partial charge in [-0.1, -0.05) is 22.8 Å². The third-order valence-corrected chi connectivity index (χ3v) is 5.92. The van der Waals surface area contributed by atoms with Gasteiger partial charge in [0.05, 0.1) is 0 Å². The van der Waals surface area contributed by atoms with Crippen LogP contribution in [0.25, 0.3) is 11.5 Å². The van der Waals surface area contributed by atoms with Crippen LogP contribution in [-0.2, 0) is 9.59 Å². The summed E-state index contributed by atoms with van der Waals surface area (Å²) in [6.45, 7) is 5.68. The van der Waals surface area contributed by atoms with E-state index in [1.807, 2.05) is 41.0 Å². The Bertz CT molecular complexity index is 871. The van der Waals surface area contributed by atoms with E-state index in [-0.39, 0.29) is 17.7 Å². The van der Waals surface area contributed by atoms with Crippen LogP contribution in [0.15, 0.2) is 28.7 Å². The molecule has 3 heterocycles. The van der Waals surface area contributed by atoms with Gasteiger partial charge in [-0.2, -0.15) is 0 Å². The molecule has 0 spiro atoms. The Morgan fingerprint density at radius 1 is 1.17 bits per heavy atom. The molecule has 2 aliphatic rings. The highest BCUT2D eigenvalue weighted by Gasteiger charge is 2.27. The van der Waals surface area contributed by atoms with Crippen molar-refractivity contribution >= 4 is 17.8 Å². The normalized spacial score (nSPS) is 17.6. The lowest BCUT2D eigenvalue weighted by molar-refractivity contribution is -0.127. The van der Waals surface area contributed by atoms with Crippen molar-refractivity contribution in [1.82, 2.24) is 20.4 Å². The summed E-state index contributed by atoms with van der Waals surface area (Å²) in [5, 5.41) is 11.4. The minimum absolute atomic E-state index is 0.00848. The standard InChI is InChI=1S/C22H29N5O3/c1-16-5-7-18(8-6-16)21-24-25-22(30-21)27-14-9-17(10-15-27)20(29)23-11-3-13-26-12-2-4-19(26)28/h5-8,17H,2-4,9-15H2,1H3,(H,23,29). The van der Waals surface area contributed by atoms with Crippen LogP contribution in [-0.4, -0.2) is 59.6 Å². The van der Waals surface area contributed by atoms with Gasteiger partial charge in [-0.3, -0.25) is 9.59 Å². The van der Waals surface area contributed by atoms with Crippen molar-refractivity contribution < 1.29 is 14.0 Å². The maximum atomic E-state index is 12.5. The molecule has 0 aliphatic carbocycles. The second-order valence-corrected chi connectivity index (χ2v) is 8.15. The molecule has 8 nitrogen and oxygen atoms in total. The lowest BCUT2D eigenvalue weighted by Crippen LogP contribution is -2.41. The zero-order valence-corrected chi connectivity index (χ0v) is 17.5. The van der Waals surface area contributed by atoms with Crippen molar-refractivity contribution in [3.05, 3.63) is 29.8 Å². The summed E-state index contributed by atoms with van der Waals surface area (Å²) in [7, 11) is 0. The summed E-state index contributed by atoms with van der Waals surface area (Å²) in [5.41, 5.74) is 2.09. The van der Waals surface area contributed by atoms with E-state index in [1.54, 1.807) is 0 Å². The van der Waals surface area contributed by atoms with Crippen LogP contribution in [0.5, 0.6) is 0 Å². The fraction of sp³-hybridized carbons (Fsp3) is 0.545. The van der Waals surface area contributed by atoms with E-state index in [4.69, 9.17) is 4.42 Å². The fourth-order valence-corrected chi connectivity index (χ4v) is 4.06. The second-order valence-electron chi connectivity index (χ2n) is 8.15. The molecule has 0 unspecified atom stereocenters. The topological polar surface area (TPSA) is 91.6 Å². The largest absolute Gasteiger partial charge is 0.403 e. The third-order valence-electron chi connectivity index (χ3n) is 5.92. The second kappa shape index (κ2) is 9.28. The first-order chi connectivity index (χ1) is 14.6. The first kappa shape index (κ1) is 20.4. The number of rotatable bonds is 7. The Morgan fingerprint density at radius 3 is 2.63 bits per heavy atom. The van der Waals surface area contributed by atoms with Gasteiger partial charge in [0.25, 0.3) is 0 Å². The Hall–Kier alpha value is -2.90. The van der Waals surface area contributed by atoms with Gasteiger partial charge in [0.2, 0.25) is 17.7 Å². The summed E-state index contributed by atoms with van der Waals surface area (Å²) < 4.78 is 5.85. The highest BCUT2D eigenvalue weighted by molar-refractivity contribution is 5.79. The average Bonchev–Trinajstić information content (AvgIpc) is 3.41. The van der Waals surface area contributed by atoms with Gasteiger partial charge >= 0.3 is 6.01 Å². The first-order valence-corrected chi connectivity index (χ1v) is 10.8. The number of amides is 2. The summed E-state index contributed by atoms with van der Waals surface area (Å²) in [6.07, 6.45) is 3.95. The number of aromatic nitrogens is 2. The van der Waals surface area contributed by atoms with Gasteiger partial charge in [0.15, 0.2) is 0 Å². The van der Waals surface area contributed by atoms with Crippen LogP contribution in [0.1, 0.15) is 37.7 Å². The first-order valence-electron chi connectivity index (χ1n) is 10.8. The zero-order chi connectivity index (χ0) is 20.9. The number of nitrogens with one attached hydrogen (secondary N) is 1. The Labute approximate surface area is 176 Å². The predicted octanol–water partition coefficient (Wildman–Crippen LogP) is 2.39. The maximum absolute atomic E-state index is 12.5. The fourth-order valence-electron chi connectivity index (χ4n) is 4.06. The molecule has 2 aromatic rings. The van der Waals surface area contributed by atoms with E-state index in [1.165, 1.54) is 5.56 Å². The van der Waals surface area contributed by atoms with Crippen molar-refractivity contribution in [2.24, 2.45) is 5.92 Å². The number of carbonyl (C=O) groups is 2. The number of aryl methyl sites for hydroxylation is 1. The van der Waals surface area contributed by atoms with Gasteiger partial charge in [0, 0.05) is 50.6 Å². The van der Waals surface area contributed by atoms with Crippen molar-refractivity contribution in [3.63, 3.8) is 0 Å². The number of hydrogen-bond acceptors (Lipinski definition) is 6. The number of benzene rings is 1. The molecule has 1 aromatic carbocycles. The zero-order valence-electron chi connectivity index (χ0n) is 17.5. The molecular weight excluding hydrogens is 382 g/mol. The molecule has 8 heteroatoms. The van der Waals surface area contributed by atoms with Gasteiger partial charge in [-0.25, -0.2) is 0 Å². The molecule has 0 bridgehead atoms. The highest BCUT2D eigenvalue weighted by Crippen LogP contribution is 2.26. The monoisotopic (exact) mass is 411 g/mol. The highest BCUT2D eigenvalue weighted by atomic mass is 16.4. The molecule has 30 heavy (non-hydrogen) atoms. The molecule has 2 amide bonds. The van der Waals surface area contributed by atoms with Gasteiger partial charge in [-0.15, -0.1) is 5.10 Å². The van der Waals surface area contributed by atoms with E-state index in [9.17, 15) is 9.59 Å². The number of carbonyl (C=O) groups excluding carboxylic acids is 2. The van der Waals surface area contributed by atoms with Crippen LogP contribution in [0.2, 0.25) is 0 Å². The van der Waals surface area contributed by atoms with Gasteiger partial charge in [-0.05, 0) is 44.7 Å². The van der Waals surface area contributed by atoms with Crippen LogP contribution < -0.4 is 10.2 Å². The lowest BCUT2D eigenvalue weighted by Gasteiger charge is -2.29. The minimum atomic E-state index is 0.00848. The quantitative estimate of drug-likeness (QED) is 0.704. The van der Waals surface area contributed by atoms with Crippen molar-refractivity contribution in [1.29, 1.82) is 0 Å². The number of anilines is 1. The SMILES string of the molecule is Cc1ccc(-c2nnc(N3CCC(C(=O)NCCCN4CCCC4=O)CC3)o2)cc1. The molecule has 2 fully saturated rings. The maximum Gasteiger partial charge on any atom is 0.318 e. The number of likely N-dealkylation sites (tertiary alicyclic amines) is 1. The number of piperidine rings is 1. The molecule has 0 atom stereocenters. The van der Waals surface area contributed by atoms with Crippen LogP contribution in [0, 0.1) is 12.8 Å². The molecule has 4 rings (SSSR count). The van der Waals surface area contributed by atoms with Crippen molar-refractivity contribution in [2.45, 2.75) is 39.0 Å². The Kier molecular flexibility index (Phi) is 6.30. The number of nitrogens with zero attached hydrogens (tertiary/aromatic N) is 4. The van der Waals surface area contributed by atoms with E-state index in [0.29, 0.717) is 24.9 Å². The summed E-state index contributed by atoms with van der Waals surface area (Å²) >= 11 is 0. The summed E-state index contributed by atoms with van der Waals surface area (Å²) in [5.74, 6) is 0.865. The molecule has 2 saturated heterocycles. The predicted molar refractivity (Wildman–Crippen MR) is 113 cm³/mol. The minimum Gasteiger partial charge on any atom is -0.403 e. The molecular formula is C22H29N5O3. The van der Waals surface area contributed by atoms with Crippen molar-refractivity contribution in [2.75, 3.05) is 37.6 Å². The van der Waals surface area contributed by atoms with Gasteiger partial charge < -0.3 is 19.5 Å². The molecule has 2 aliphatic heterocycles. The third kappa shape index (κ3) is 4.80. The summed E-state index contributed by atoms with van der Waals surface area (Å²) in [4.78, 5) is 28.0. The molecule has 160 valence electrons. The number of hydrogen-bond donors (Lipinski definition) is 1. The van der Waals surface area contributed by atoms with E-state index >= 15 is 0 Å². The van der Waals surface area contributed by atoms with E-state index < -0.39 is 0 Å². The average molecular weight is 412 g/mol. The van der Waals surface area contributed by atoms with Crippen molar-refractivity contribution in [3.8, 4) is 11.5 Å². The molecule has 0 saturated carbocycles. The molecule has 1 N–H and O–H groups in total. The van der Waals surface area contributed by atoms with Crippen LogP contribution in [0.4, 0.5) is 6.01 Å². The summed E-state index contributed by atoms with van der Waals surface area (Å²) in [6, 6.07) is 8.50. The Morgan fingerprint density at radius 2 is 1.93 bits per heavy atom. The van der Waals surface area contributed by atoms with Gasteiger partial charge in [0.1, 0.15) is 0 Å². The van der Waals surface area contributed by atoms with E-state index in [2.05, 4.69) is 15.5 Å².